The minimum absolute atomic E-state index is 0.000368. The Labute approximate surface area is 141 Å². The van der Waals surface area contributed by atoms with Crippen LogP contribution in [0.1, 0.15) is 30.0 Å². The molecule has 0 spiro atoms. The van der Waals surface area contributed by atoms with E-state index in [1.54, 1.807) is 13.2 Å². The summed E-state index contributed by atoms with van der Waals surface area (Å²) in [4.78, 5) is 11.8. The molecule has 126 valence electrons. The van der Waals surface area contributed by atoms with Crippen molar-refractivity contribution in [2.75, 3.05) is 7.11 Å². The Kier molecular flexibility index (Phi) is 5.11. The summed E-state index contributed by atoms with van der Waals surface area (Å²) in [5.41, 5.74) is 1.83. The van der Waals surface area contributed by atoms with Gasteiger partial charge in [-0.05, 0) is 30.2 Å². The highest BCUT2D eigenvalue weighted by molar-refractivity contribution is 5.77. The summed E-state index contributed by atoms with van der Waals surface area (Å²) in [6.45, 7) is 0.621. The molecule has 0 bridgehead atoms. The number of rotatable bonds is 5. The van der Waals surface area contributed by atoms with Crippen molar-refractivity contribution in [1.82, 2.24) is 10.6 Å². The Balaban J connectivity index is 1.76. The van der Waals surface area contributed by atoms with Crippen molar-refractivity contribution in [2.24, 2.45) is 0 Å². The monoisotopic (exact) mass is 328 g/mol. The van der Waals surface area contributed by atoms with Gasteiger partial charge in [0.05, 0.1) is 13.2 Å². The lowest BCUT2D eigenvalue weighted by molar-refractivity contribution is -0.123. The molecule has 5 heteroatoms. The van der Waals surface area contributed by atoms with Gasteiger partial charge in [0.1, 0.15) is 11.6 Å². The zero-order valence-corrected chi connectivity index (χ0v) is 13.6. The highest BCUT2D eigenvalue weighted by Gasteiger charge is 2.29. The summed E-state index contributed by atoms with van der Waals surface area (Å²) >= 11 is 0. The van der Waals surface area contributed by atoms with Gasteiger partial charge in [-0.15, -0.1) is 0 Å². The Morgan fingerprint density at radius 3 is 2.88 bits per heavy atom. The fourth-order valence-corrected chi connectivity index (χ4v) is 3.13. The summed E-state index contributed by atoms with van der Waals surface area (Å²) in [6.07, 6.45) is 1.18. The first-order chi connectivity index (χ1) is 11.7. The molecular formula is C19H21FN2O2. The van der Waals surface area contributed by atoms with Gasteiger partial charge in [0.15, 0.2) is 0 Å². The van der Waals surface area contributed by atoms with Crippen LogP contribution in [0.4, 0.5) is 4.39 Å². The van der Waals surface area contributed by atoms with Crippen LogP contribution < -0.4 is 15.4 Å². The average Bonchev–Trinajstić information content (AvgIpc) is 2.61. The van der Waals surface area contributed by atoms with Crippen LogP contribution in [0, 0.1) is 5.82 Å². The summed E-state index contributed by atoms with van der Waals surface area (Å²) in [7, 11) is 1.65. The van der Waals surface area contributed by atoms with Crippen molar-refractivity contribution in [1.29, 1.82) is 0 Å². The first-order valence-electron chi connectivity index (χ1n) is 8.07. The lowest BCUT2D eigenvalue weighted by Crippen LogP contribution is -2.48. The smallest absolute Gasteiger partial charge is 0.220 e. The molecule has 4 nitrogen and oxygen atoms in total. The Morgan fingerprint density at radius 2 is 2.08 bits per heavy atom. The third-order valence-corrected chi connectivity index (χ3v) is 4.36. The number of halogens is 1. The summed E-state index contributed by atoms with van der Waals surface area (Å²) in [6, 6.07) is 14.0. The molecule has 0 aromatic heterocycles. The van der Waals surface area contributed by atoms with Gasteiger partial charge in [0.2, 0.25) is 5.91 Å². The molecule has 2 aromatic rings. The number of para-hydroxylation sites is 1. The number of ether oxygens (including phenoxy) is 1. The number of hydrogen-bond donors (Lipinski definition) is 2. The number of carbonyl (C=O) groups excluding carboxylic acids is 1. The molecule has 1 aliphatic rings. The maximum absolute atomic E-state index is 13.5. The second-order valence-corrected chi connectivity index (χ2v) is 5.94. The Hall–Kier alpha value is -2.40. The van der Waals surface area contributed by atoms with Crippen LogP contribution >= 0.6 is 0 Å². The van der Waals surface area contributed by atoms with Crippen LogP contribution in [0.15, 0.2) is 48.5 Å². The SMILES string of the molecule is COc1ccccc1CN[C@@H]1CCC(=O)N[C@H]1c1cccc(F)c1. The predicted octanol–water partition coefficient (Wildman–Crippen LogP) is 2.94. The maximum Gasteiger partial charge on any atom is 0.220 e. The topological polar surface area (TPSA) is 50.4 Å². The number of benzene rings is 2. The van der Waals surface area contributed by atoms with Gasteiger partial charge in [-0.2, -0.15) is 0 Å². The van der Waals surface area contributed by atoms with E-state index in [2.05, 4.69) is 10.6 Å². The number of nitrogens with one attached hydrogen (secondary N) is 2. The molecule has 0 unspecified atom stereocenters. The van der Waals surface area contributed by atoms with Crippen molar-refractivity contribution in [3.05, 3.63) is 65.5 Å². The molecular weight excluding hydrogens is 307 g/mol. The quantitative estimate of drug-likeness (QED) is 0.887. The van der Waals surface area contributed by atoms with Crippen LogP contribution in [0.3, 0.4) is 0 Å². The van der Waals surface area contributed by atoms with Gasteiger partial charge in [0, 0.05) is 24.6 Å². The van der Waals surface area contributed by atoms with Gasteiger partial charge in [-0.3, -0.25) is 4.79 Å². The van der Waals surface area contributed by atoms with Crippen LogP contribution in [0.5, 0.6) is 5.75 Å². The molecule has 0 saturated carbocycles. The molecule has 24 heavy (non-hydrogen) atoms. The van der Waals surface area contributed by atoms with Crippen LogP contribution in [0.2, 0.25) is 0 Å². The average molecular weight is 328 g/mol. The van der Waals surface area contributed by atoms with Gasteiger partial charge < -0.3 is 15.4 Å². The molecule has 1 fully saturated rings. The van der Waals surface area contributed by atoms with Gasteiger partial charge >= 0.3 is 0 Å². The van der Waals surface area contributed by atoms with E-state index in [-0.39, 0.29) is 23.8 Å². The second-order valence-electron chi connectivity index (χ2n) is 5.94. The summed E-state index contributed by atoms with van der Waals surface area (Å²) < 4.78 is 18.9. The lowest BCUT2D eigenvalue weighted by atomic mass is 9.91. The zero-order valence-electron chi connectivity index (χ0n) is 13.6. The lowest BCUT2D eigenvalue weighted by Gasteiger charge is -2.33. The third-order valence-electron chi connectivity index (χ3n) is 4.36. The van der Waals surface area contributed by atoms with Crippen molar-refractivity contribution < 1.29 is 13.9 Å². The molecule has 1 saturated heterocycles. The van der Waals surface area contributed by atoms with E-state index in [0.717, 1.165) is 16.9 Å². The highest BCUT2D eigenvalue weighted by atomic mass is 19.1. The molecule has 1 amide bonds. The first kappa shape index (κ1) is 16.5. The predicted molar refractivity (Wildman–Crippen MR) is 90.1 cm³/mol. The number of piperidine rings is 1. The van der Waals surface area contributed by atoms with Crippen LogP contribution in [-0.2, 0) is 11.3 Å². The Morgan fingerprint density at radius 1 is 1.25 bits per heavy atom. The number of amides is 1. The van der Waals surface area contributed by atoms with E-state index < -0.39 is 0 Å². The molecule has 1 aliphatic heterocycles. The third kappa shape index (κ3) is 3.74. The van der Waals surface area contributed by atoms with E-state index in [4.69, 9.17) is 4.74 Å². The van der Waals surface area contributed by atoms with E-state index >= 15 is 0 Å². The zero-order chi connectivity index (χ0) is 16.9. The standard InChI is InChI=1S/C19H21FN2O2/c1-24-17-8-3-2-5-14(17)12-21-16-9-10-18(23)22-19(16)13-6-4-7-15(20)11-13/h2-8,11,16,19,21H,9-10,12H2,1H3,(H,22,23)/t16-,19+/m1/s1. The molecule has 0 radical (unpaired) electrons. The van der Waals surface area contributed by atoms with E-state index in [0.29, 0.717) is 19.4 Å². The molecule has 2 N–H and O–H groups in total. The van der Waals surface area contributed by atoms with Crippen LogP contribution in [-0.4, -0.2) is 19.1 Å². The van der Waals surface area contributed by atoms with Crippen molar-refractivity contribution in [3.63, 3.8) is 0 Å². The maximum atomic E-state index is 13.5. The van der Waals surface area contributed by atoms with Crippen molar-refractivity contribution in [3.8, 4) is 5.75 Å². The van der Waals surface area contributed by atoms with E-state index in [1.165, 1.54) is 12.1 Å². The summed E-state index contributed by atoms with van der Waals surface area (Å²) in [5.74, 6) is 0.530. The largest absolute Gasteiger partial charge is 0.496 e. The number of hydrogen-bond acceptors (Lipinski definition) is 3. The van der Waals surface area contributed by atoms with E-state index in [9.17, 15) is 9.18 Å². The fourth-order valence-electron chi connectivity index (χ4n) is 3.13. The van der Waals surface area contributed by atoms with Gasteiger partial charge in [-0.25, -0.2) is 4.39 Å². The number of methoxy groups -OCH3 is 1. The molecule has 2 atom stereocenters. The molecule has 3 rings (SSSR count). The minimum Gasteiger partial charge on any atom is -0.496 e. The number of carbonyl (C=O) groups is 1. The second kappa shape index (κ2) is 7.45. The van der Waals surface area contributed by atoms with Crippen molar-refractivity contribution in [2.45, 2.75) is 31.5 Å². The normalized spacial score (nSPS) is 20.5. The molecule has 1 heterocycles. The minimum atomic E-state index is -0.296. The van der Waals surface area contributed by atoms with E-state index in [1.807, 2.05) is 30.3 Å². The molecule has 2 aromatic carbocycles. The van der Waals surface area contributed by atoms with Crippen LogP contribution in [0.25, 0.3) is 0 Å². The van der Waals surface area contributed by atoms with Gasteiger partial charge in [0.25, 0.3) is 0 Å². The van der Waals surface area contributed by atoms with Gasteiger partial charge in [-0.1, -0.05) is 30.3 Å². The van der Waals surface area contributed by atoms with Crippen molar-refractivity contribution >= 4 is 5.91 Å². The highest BCUT2D eigenvalue weighted by Crippen LogP contribution is 2.26. The Bertz CT molecular complexity index is 720. The summed E-state index contributed by atoms with van der Waals surface area (Å²) in [5, 5.41) is 6.46. The fraction of sp³-hybridized carbons (Fsp3) is 0.316. The first-order valence-corrected chi connectivity index (χ1v) is 8.07. The molecule has 0 aliphatic carbocycles.